The van der Waals surface area contributed by atoms with Crippen molar-refractivity contribution in [1.29, 1.82) is 0 Å². The molecule has 1 aromatic heterocycles. The molecule has 2 aromatic rings. The summed E-state index contributed by atoms with van der Waals surface area (Å²) in [5.41, 5.74) is 8.62. The van der Waals surface area contributed by atoms with Gasteiger partial charge in [-0.15, -0.1) is 0 Å². The van der Waals surface area contributed by atoms with Crippen molar-refractivity contribution in [3.05, 3.63) is 34.3 Å². The van der Waals surface area contributed by atoms with Crippen LogP contribution < -0.4 is 16.8 Å². The maximum Gasteiger partial charge on any atom is 0.419 e. The van der Waals surface area contributed by atoms with Gasteiger partial charge in [-0.2, -0.15) is 0 Å². The van der Waals surface area contributed by atoms with Gasteiger partial charge in [-0.25, -0.2) is 4.79 Å². The van der Waals surface area contributed by atoms with Crippen LogP contribution in [0.3, 0.4) is 0 Å². The van der Waals surface area contributed by atoms with Crippen molar-refractivity contribution in [1.82, 2.24) is 9.88 Å². The Morgan fingerprint density at radius 1 is 1.50 bits per heavy atom. The van der Waals surface area contributed by atoms with Gasteiger partial charge in [-0.3, -0.25) is 4.57 Å². The molecule has 6 nitrogen and oxygen atoms in total. The molecule has 1 aliphatic heterocycles. The van der Waals surface area contributed by atoms with E-state index in [-0.39, 0.29) is 11.8 Å². The summed E-state index contributed by atoms with van der Waals surface area (Å²) < 4.78 is 12.2. The summed E-state index contributed by atoms with van der Waals surface area (Å²) in [4.78, 5) is 11.5. The lowest BCUT2D eigenvalue weighted by Gasteiger charge is -2.34. The SMILES string of the molecule is CC(N)C1COCCC1NCc1ccc2oc(=O)n(C)c2c1. The Bertz CT molecular complexity index is 704. The number of oxazole rings is 1. The summed E-state index contributed by atoms with van der Waals surface area (Å²) in [7, 11) is 1.72. The molecule has 3 N–H and O–H groups in total. The van der Waals surface area contributed by atoms with Gasteiger partial charge < -0.3 is 20.2 Å². The minimum absolute atomic E-state index is 0.106. The Morgan fingerprint density at radius 3 is 3.09 bits per heavy atom. The average Bonchev–Trinajstić information content (AvgIpc) is 2.80. The number of aromatic nitrogens is 1. The van der Waals surface area contributed by atoms with Crippen molar-refractivity contribution in [3.8, 4) is 0 Å². The Kier molecular flexibility index (Phi) is 4.33. The number of ether oxygens (including phenoxy) is 1. The van der Waals surface area contributed by atoms with E-state index in [0.29, 0.717) is 24.1 Å². The van der Waals surface area contributed by atoms with Crippen LogP contribution in [0.5, 0.6) is 0 Å². The fourth-order valence-corrected chi connectivity index (χ4v) is 3.06. The molecule has 0 spiro atoms. The van der Waals surface area contributed by atoms with E-state index in [2.05, 4.69) is 5.32 Å². The number of nitrogens with zero attached hydrogens (tertiary/aromatic N) is 1. The van der Waals surface area contributed by atoms with Gasteiger partial charge in [0.05, 0.1) is 12.1 Å². The summed E-state index contributed by atoms with van der Waals surface area (Å²) in [5, 5.41) is 3.58. The number of benzene rings is 1. The van der Waals surface area contributed by atoms with Crippen molar-refractivity contribution >= 4 is 11.1 Å². The van der Waals surface area contributed by atoms with Crippen LogP contribution in [0.25, 0.3) is 11.1 Å². The summed E-state index contributed by atoms with van der Waals surface area (Å²) in [6.07, 6.45) is 0.971. The average molecular weight is 305 g/mol. The van der Waals surface area contributed by atoms with Gasteiger partial charge in [-0.05, 0) is 31.0 Å². The van der Waals surface area contributed by atoms with E-state index in [1.807, 2.05) is 25.1 Å². The number of hydrogen-bond donors (Lipinski definition) is 2. The number of fused-ring (bicyclic) bond motifs is 1. The Labute approximate surface area is 129 Å². The van der Waals surface area contributed by atoms with Gasteiger partial charge in [0.1, 0.15) is 0 Å². The smallest absolute Gasteiger partial charge is 0.408 e. The molecule has 1 saturated heterocycles. The van der Waals surface area contributed by atoms with E-state index in [4.69, 9.17) is 14.9 Å². The van der Waals surface area contributed by atoms with Crippen LogP contribution in [-0.4, -0.2) is 29.9 Å². The van der Waals surface area contributed by atoms with Crippen LogP contribution in [0.15, 0.2) is 27.4 Å². The molecule has 3 rings (SSSR count). The third-order valence-corrected chi connectivity index (χ3v) is 4.50. The predicted octanol–water partition coefficient (Wildman–Crippen LogP) is 0.973. The first-order valence-corrected chi connectivity index (χ1v) is 7.71. The van der Waals surface area contributed by atoms with Gasteiger partial charge in [-0.1, -0.05) is 6.07 Å². The molecule has 0 radical (unpaired) electrons. The van der Waals surface area contributed by atoms with Crippen LogP contribution in [0, 0.1) is 5.92 Å². The molecule has 22 heavy (non-hydrogen) atoms. The fraction of sp³-hybridized carbons (Fsp3) is 0.562. The van der Waals surface area contributed by atoms with E-state index in [1.165, 1.54) is 4.57 Å². The standard InChI is InChI=1S/C16H23N3O3/c1-10(17)12-9-21-6-5-13(12)18-8-11-3-4-15-14(7-11)19(2)16(20)22-15/h3-4,7,10,12-13,18H,5-6,8-9,17H2,1-2H3. The van der Waals surface area contributed by atoms with Crippen LogP contribution in [-0.2, 0) is 18.3 Å². The van der Waals surface area contributed by atoms with E-state index in [9.17, 15) is 4.79 Å². The zero-order valence-electron chi connectivity index (χ0n) is 13.0. The molecule has 0 saturated carbocycles. The van der Waals surface area contributed by atoms with Crippen LogP contribution in [0.2, 0.25) is 0 Å². The minimum Gasteiger partial charge on any atom is -0.408 e. The Morgan fingerprint density at radius 2 is 2.32 bits per heavy atom. The molecule has 0 amide bonds. The molecule has 2 heterocycles. The molecular weight excluding hydrogens is 282 g/mol. The molecule has 0 aliphatic carbocycles. The summed E-state index contributed by atoms with van der Waals surface area (Å²) in [6.45, 7) is 4.26. The molecule has 3 unspecified atom stereocenters. The number of rotatable bonds is 4. The highest BCUT2D eigenvalue weighted by molar-refractivity contribution is 5.73. The molecule has 0 bridgehead atoms. The van der Waals surface area contributed by atoms with E-state index in [1.54, 1.807) is 7.05 Å². The second-order valence-corrected chi connectivity index (χ2v) is 6.10. The van der Waals surface area contributed by atoms with Crippen molar-refractivity contribution < 1.29 is 9.15 Å². The van der Waals surface area contributed by atoms with Gasteiger partial charge in [0, 0.05) is 38.2 Å². The number of aryl methyl sites for hydroxylation is 1. The molecule has 6 heteroatoms. The Hall–Kier alpha value is -1.63. The second kappa shape index (κ2) is 6.24. The first kappa shape index (κ1) is 15.3. The lowest BCUT2D eigenvalue weighted by Crippen LogP contribution is -2.49. The second-order valence-electron chi connectivity index (χ2n) is 6.10. The molecular formula is C16H23N3O3. The summed E-state index contributed by atoms with van der Waals surface area (Å²) >= 11 is 0. The lowest BCUT2D eigenvalue weighted by molar-refractivity contribution is 0.0236. The third kappa shape index (κ3) is 2.95. The van der Waals surface area contributed by atoms with Crippen molar-refractivity contribution in [2.45, 2.75) is 32.0 Å². The predicted molar refractivity (Wildman–Crippen MR) is 84.7 cm³/mol. The van der Waals surface area contributed by atoms with Crippen molar-refractivity contribution in [3.63, 3.8) is 0 Å². The minimum atomic E-state index is -0.332. The lowest BCUT2D eigenvalue weighted by atomic mass is 9.90. The highest BCUT2D eigenvalue weighted by Crippen LogP contribution is 2.19. The molecule has 1 aromatic carbocycles. The molecule has 1 fully saturated rings. The first-order valence-electron chi connectivity index (χ1n) is 7.71. The third-order valence-electron chi connectivity index (χ3n) is 4.50. The summed E-state index contributed by atoms with van der Waals surface area (Å²) in [6, 6.07) is 6.29. The maximum atomic E-state index is 11.5. The van der Waals surface area contributed by atoms with Crippen molar-refractivity contribution in [2.75, 3.05) is 13.2 Å². The first-order chi connectivity index (χ1) is 10.6. The highest BCUT2D eigenvalue weighted by atomic mass is 16.5. The zero-order valence-corrected chi connectivity index (χ0v) is 13.0. The fourth-order valence-electron chi connectivity index (χ4n) is 3.06. The van der Waals surface area contributed by atoms with E-state index in [0.717, 1.165) is 30.7 Å². The normalized spacial score (nSPS) is 23.8. The van der Waals surface area contributed by atoms with Crippen LogP contribution in [0.1, 0.15) is 18.9 Å². The van der Waals surface area contributed by atoms with Gasteiger partial charge >= 0.3 is 5.76 Å². The molecule has 3 atom stereocenters. The van der Waals surface area contributed by atoms with Crippen molar-refractivity contribution in [2.24, 2.45) is 18.7 Å². The van der Waals surface area contributed by atoms with Crippen LogP contribution in [0.4, 0.5) is 0 Å². The van der Waals surface area contributed by atoms with E-state index < -0.39 is 0 Å². The largest absolute Gasteiger partial charge is 0.419 e. The Balaban J connectivity index is 1.73. The summed E-state index contributed by atoms with van der Waals surface area (Å²) in [5.74, 6) is -0.00248. The van der Waals surface area contributed by atoms with Gasteiger partial charge in [0.25, 0.3) is 0 Å². The number of hydrogen-bond acceptors (Lipinski definition) is 5. The highest BCUT2D eigenvalue weighted by Gasteiger charge is 2.28. The number of nitrogens with two attached hydrogens (primary N) is 1. The van der Waals surface area contributed by atoms with E-state index >= 15 is 0 Å². The topological polar surface area (TPSA) is 82.4 Å². The molecule has 1 aliphatic rings. The zero-order chi connectivity index (χ0) is 15.7. The monoisotopic (exact) mass is 305 g/mol. The molecule has 120 valence electrons. The number of nitrogens with one attached hydrogen (secondary N) is 1. The quantitative estimate of drug-likeness (QED) is 0.879. The maximum absolute atomic E-state index is 11.5. The van der Waals surface area contributed by atoms with Gasteiger partial charge in [0.15, 0.2) is 5.58 Å². The van der Waals surface area contributed by atoms with Gasteiger partial charge in [0.2, 0.25) is 0 Å². The van der Waals surface area contributed by atoms with Crippen LogP contribution >= 0.6 is 0 Å².